The van der Waals surface area contributed by atoms with Crippen molar-refractivity contribution in [1.29, 1.82) is 0 Å². The van der Waals surface area contributed by atoms with E-state index in [4.69, 9.17) is 16.6 Å². The van der Waals surface area contributed by atoms with Gasteiger partial charge in [0.05, 0.1) is 11.1 Å². The second kappa shape index (κ2) is 2.31. The van der Waals surface area contributed by atoms with Crippen LogP contribution in [0.2, 0.25) is 0 Å². The number of hydrogen-bond acceptors (Lipinski definition) is 2. The molecular formula is C7H8OS. The van der Waals surface area contributed by atoms with Gasteiger partial charge in [-0.1, -0.05) is 12.2 Å². The minimum Gasteiger partial charge on any atom is -0.464 e. The summed E-state index contributed by atoms with van der Waals surface area (Å²) in [5, 5.41) is 0. The van der Waals surface area contributed by atoms with Crippen LogP contribution >= 0.6 is 12.2 Å². The molecule has 2 heteroatoms. The van der Waals surface area contributed by atoms with Crippen molar-refractivity contribution < 1.29 is 4.42 Å². The van der Waals surface area contributed by atoms with Crippen LogP contribution in [0.1, 0.15) is 18.2 Å². The lowest BCUT2D eigenvalue weighted by atomic mass is 10.2. The Bertz CT molecular complexity index is 225. The van der Waals surface area contributed by atoms with Gasteiger partial charge in [0.1, 0.15) is 5.76 Å². The average molecular weight is 140 g/mol. The maximum absolute atomic E-state index is 5.08. The van der Waals surface area contributed by atoms with Crippen molar-refractivity contribution in [3.63, 3.8) is 0 Å². The SMILES string of the molecule is CC(=S)c1occc1C. The minimum atomic E-state index is 0.817. The molecule has 1 nitrogen and oxygen atoms in total. The van der Waals surface area contributed by atoms with Crippen molar-refractivity contribution in [1.82, 2.24) is 0 Å². The highest BCUT2D eigenvalue weighted by Gasteiger charge is 2.01. The van der Waals surface area contributed by atoms with Gasteiger partial charge in [-0.25, -0.2) is 0 Å². The fourth-order valence-corrected chi connectivity index (χ4v) is 0.943. The van der Waals surface area contributed by atoms with E-state index in [-0.39, 0.29) is 0 Å². The van der Waals surface area contributed by atoms with E-state index in [0.717, 1.165) is 16.2 Å². The zero-order valence-electron chi connectivity index (χ0n) is 5.47. The second-order valence-corrected chi connectivity index (χ2v) is 2.60. The first kappa shape index (κ1) is 6.49. The molecule has 0 N–H and O–H groups in total. The van der Waals surface area contributed by atoms with Crippen molar-refractivity contribution in [3.8, 4) is 0 Å². The van der Waals surface area contributed by atoms with E-state index in [0.29, 0.717) is 0 Å². The fourth-order valence-electron chi connectivity index (χ4n) is 0.733. The van der Waals surface area contributed by atoms with Gasteiger partial charge >= 0.3 is 0 Å². The molecule has 9 heavy (non-hydrogen) atoms. The van der Waals surface area contributed by atoms with Gasteiger partial charge in [-0.15, -0.1) is 0 Å². The molecule has 0 spiro atoms. The molecule has 0 bridgehead atoms. The van der Waals surface area contributed by atoms with Crippen LogP contribution in [0.4, 0.5) is 0 Å². The Morgan fingerprint density at radius 1 is 1.67 bits per heavy atom. The highest BCUT2D eigenvalue weighted by molar-refractivity contribution is 7.80. The zero-order valence-corrected chi connectivity index (χ0v) is 6.29. The third kappa shape index (κ3) is 1.19. The first-order valence-electron chi connectivity index (χ1n) is 2.77. The van der Waals surface area contributed by atoms with Gasteiger partial charge in [0.2, 0.25) is 0 Å². The highest BCUT2D eigenvalue weighted by Crippen LogP contribution is 2.09. The molecule has 1 rings (SSSR count). The summed E-state index contributed by atoms with van der Waals surface area (Å²) in [5.74, 6) is 0.838. The highest BCUT2D eigenvalue weighted by atomic mass is 32.1. The Hall–Kier alpha value is -0.630. The van der Waals surface area contributed by atoms with E-state index in [1.165, 1.54) is 0 Å². The molecule has 0 aromatic carbocycles. The second-order valence-electron chi connectivity index (χ2n) is 1.99. The Balaban J connectivity index is 3.08. The van der Waals surface area contributed by atoms with Crippen molar-refractivity contribution >= 4 is 17.1 Å². The summed E-state index contributed by atoms with van der Waals surface area (Å²) in [5.41, 5.74) is 1.11. The summed E-state index contributed by atoms with van der Waals surface area (Å²) in [6.45, 7) is 3.84. The summed E-state index contributed by atoms with van der Waals surface area (Å²) in [6.07, 6.45) is 1.65. The molecule has 0 fully saturated rings. The predicted octanol–water partition coefficient (Wildman–Crippen LogP) is 2.33. The molecule has 0 saturated carbocycles. The maximum Gasteiger partial charge on any atom is 0.143 e. The largest absolute Gasteiger partial charge is 0.464 e. The van der Waals surface area contributed by atoms with Crippen LogP contribution in [0.15, 0.2) is 16.7 Å². The van der Waals surface area contributed by atoms with Crippen LogP contribution in [-0.4, -0.2) is 4.86 Å². The average Bonchev–Trinajstić information content (AvgIpc) is 2.13. The van der Waals surface area contributed by atoms with Gasteiger partial charge in [-0.2, -0.15) is 0 Å². The number of thiocarbonyl (C=S) groups is 1. The molecule has 0 radical (unpaired) electrons. The molecular weight excluding hydrogens is 132 g/mol. The van der Waals surface area contributed by atoms with Crippen LogP contribution in [0, 0.1) is 6.92 Å². The number of furan rings is 1. The van der Waals surface area contributed by atoms with Crippen molar-refractivity contribution in [2.45, 2.75) is 13.8 Å². The van der Waals surface area contributed by atoms with Gasteiger partial charge in [0.15, 0.2) is 0 Å². The predicted molar refractivity (Wildman–Crippen MR) is 40.8 cm³/mol. The summed E-state index contributed by atoms with van der Waals surface area (Å²) in [4.78, 5) is 0.817. The molecule has 0 atom stereocenters. The number of rotatable bonds is 1. The standard InChI is InChI=1S/C7H8OS/c1-5-3-4-8-7(5)6(2)9/h3-4H,1-2H3. The fraction of sp³-hybridized carbons (Fsp3) is 0.286. The first-order chi connectivity index (χ1) is 4.22. The molecule has 0 aliphatic heterocycles. The summed E-state index contributed by atoms with van der Waals surface area (Å²) < 4.78 is 5.08. The van der Waals surface area contributed by atoms with Gasteiger partial charge in [0.25, 0.3) is 0 Å². The molecule has 0 aliphatic rings. The maximum atomic E-state index is 5.08. The van der Waals surface area contributed by atoms with Crippen molar-refractivity contribution in [3.05, 3.63) is 23.7 Å². The third-order valence-corrected chi connectivity index (χ3v) is 1.37. The summed E-state index contributed by atoms with van der Waals surface area (Å²) in [7, 11) is 0. The Labute approximate surface area is 59.7 Å². The lowest BCUT2D eigenvalue weighted by Gasteiger charge is -1.89. The lowest BCUT2D eigenvalue weighted by molar-refractivity contribution is 0.557. The molecule has 0 unspecified atom stereocenters. The van der Waals surface area contributed by atoms with Gasteiger partial charge < -0.3 is 4.42 Å². The third-order valence-electron chi connectivity index (χ3n) is 1.18. The molecule has 1 heterocycles. The Kier molecular flexibility index (Phi) is 1.67. The van der Waals surface area contributed by atoms with Crippen molar-refractivity contribution in [2.75, 3.05) is 0 Å². The van der Waals surface area contributed by atoms with Crippen LogP contribution in [0.5, 0.6) is 0 Å². The Morgan fingerprint density at radius 2 is 2.33 bits per heavy atom. The molecule has 1 aromatic heterocycles. The van der Waals surface area contributed by atoms with Gasteiger partial charge in [-0.3, -0.25) is 0 Å². The summed E-state index contributed by atoms with van der Waals surface area (Å²) >= 11 is 4.91. The van der Waals surface area contributed by atoms with Crippen LogP contribution < -0.4 is 0 Å². The summed E-state index contributed by atoms with van der Waals surface area (Å²) in [6, 6.07) is 1.91. The minimum absolute atomic E-state index is 0.817. The van der Waals surface area contributed by atoms with E-state index < -0.39 is 0 Å². The van der Waals surface area contributed by atoms with Crippen LogP contribution in [0.3, 0.4) is 0 Å². The molecule has 0 saturated heterocycles. The number of aryl methyl sites for hydroxylation is 1. The van der Waals surface area contributed by atoms with E-state index in [1.807, 2.05) is 19.9 Å². The number of hydrogen-bond donors (Lipinski definition) is 0. The van der Waals surface area contributed by atoms with Gasteiger partial charge in [0, 0.05) is 0 Å². The molecule has 1 aromatic rings. The van der Waals surface area contributed by atoms with E-state index >= 15 is 0 Å². The van der Waals surface area contributed by atoms with Gasteiger partial charge in [-0.05, 0) is 25.5 Å². The Morgan fingerprint density at radius 3 is 2.56 bits per heavy atom. The topological polar surface area (TPSA) is 13.1 Å². The first-order valence-corrected chi connectivity index (χ1v) is 3.17. The zero-order chi connectivity index (χ0) is 6.85. The normalized spacial score (nSPS) is 9.56. The van der Waals surface area contributed by atoms with Crippen LogP contribution in [-0.2, 0) is 0 Å². The monoisotopic (exact) mass is 140 g/mol. The molecule has 48 valence electrons. The quantitative estimate of drug-likeness (QED) is 0.438. The molecule has 0 amide bonds. The van der Waals surface area contributed by atoms with Crippen molar-refractivity contribution in [2.24, 2.45) is 0 Å². The smallest absolute Gasteiger partial charge is 0.143 e. The molecule has 0 aliphatic carbocycles. The van der Waals surface area contributed by atoms with E-state index in [9.17, 15) is 0 Å². The van der Waals surface area contributed by atoms with Crippen LogP contribution in [0.25, 0.3) is 0 Å². The lowest BCUT2D eigenvalue weighted by Crippen LogP contribution is -1.87. The van der Waals surface area contributed by atoms with E-state index in [2.05, 4.69) is 0 Å². The van der Waals surface area contributed by atoms with E-state index in [1.54, 1.807) is 6.26 Å².